The molecule has 0 saturated carbocycles. The van der Waals surface area contributed by atoms with Gasteiger partial charge in [-0.1, -0.05) is 18.3 Å². The van der Waals surface area contributed by atoms with E-state index in [0.717, 1.165) is 25.9 Å². The Labute approximate surface area is 111 Å². The fraction of sp³-hybridized carbons (Fsp3) is 0.462. The molecule has 1 amide bonds. The molecule has 5 heteroatoms. The van der Waals surface area contributed by atoms with Crippen molar-refractivity contribution in [2.45, 2.75) is 19.3 Å². The van der Waals surface area contributed by atoms with Crippen LogP contribution in [0.4, 0.5) is 0 Å². The van der Waals surface area contributed by atoms with E-state index < -0.39 is 0 Å². The van der Waals surface area contributed by atoms with Gasteiger partial charge in [-0.3, -0.25) is 10.2 Å². The van der Waals surface area contributed by atoms with Crippen LogP contribution in [-0.4, -0.2) is 35.7 Å². The molecule has 1 aliphatic heterocycles. The summed E-state index contributed by atoms with van der Waals surface area (Å²) in [5.74, 6) is 5.26. The number of nitrogens with one attached hydrogen (secondary N) is 1. The number of carbonyl (C=O) groups excluding carboxylic acids is 1. The molecule has 0 aromatic carbocycles. The van der Waals surface area contributed by atoms with Gasteiger partial charge in [-0.05, 0) is 24.3 Å². The van der Waals surface area contributed by atoms with Crippen LogP contribution in [0.25, 0.3) is 0 Å². The van der Waals surface area contributed by atoms with Crippen LogP contribution in [0.2, 0.25) is 0 Å². The Morgan fingerprint density at radius 2 is 2.22 bits per heavy atom. The van der Waals surface area contributed by atoms with E-state index >= 15 is 0 Å². The summed E-state index contributed by atoms with van der Waals surface area (Å²) in [4.78, 5) is 12.7. The second-order valence-corrected chi connectivity index (χ2v) is 5.03. The van der Waals surface area contributed by atoms with Gasteiger partial charge in [0.15, 0.2) is 0 Å². The molecule has 0 radical (unpaired) electrons. The number of nitrogens with zero attached hydrogens (tertiary/aromatic N) is 1. The lowest BCUT2D eigenvalue weighted by atomic mass is 10.2. The van der Waals surface area contributed by atoms with Crippen LogP contribution in [0.1, 0.15) is 34.5 Å². The topological polar surface area (TPSA) is 52.6 Å². The zero-order valence-electron chi connectivity index (χ0n) is 10.1. The Bertz CT molecular complexity index is 467. The zero-order chi connectivity index (χ0) is 12.8. The number of hydrazine groups is 1. The molecule has 0 spiro atoms. The minimum absolute atomic E-state index is 0.103. The van der Waals surface area contributed by atoms with E-state index in [-0.39, 0.29) is 12.5 Å². The van der Waals surface area contributed by atoms with Crippen molar-refractivity contribution in [3.8, 4) is 11.8 Å². The van der Waals surface area contributed by atoms with E-state index in [4.69, 9.17) is 5.11 Å². The summed E-state index contributed by atoms with van der Waals surface area (Å²) in [7, 11) is 0. The molecule has 96 valence electrons. The SMILES string of the molecule is O=C(NN1CCCCC1)c1sccc1C#CCO. The van der Waals surface area contributed by atoms with Gasteiger partial charge in [-0.2, -0.15) is 0 Å². The number of carbonyl (C=O) groups is 1. The first kappa shape index (κ1) is 13.1. The molecule has 4 nitrogen and oxygen atoms in total. The third-order valence-corrected chi connectivity index (χ3v) is 3.70. The predicted molar refractivity (Wildman–Crippen MR) is 71.2 cm³/mol. The number of hydrogen-bond acceptors (Lipinski definition) is 4. The Balaban J connectivity index is 2.02. The summed E-state index contributed by atoms with van der Waals surface area (Å²) in [6.45, 7) is 1.63. The van der Waals surface area contributed by atoms with Crippen molar-refractivity contribution >= 4 is 17.2 Å². The van der Waals surface area contributed by atoms with Gasteiger partial charge in [0.2, 0.25) is 0 Å². The van der Waals surface area contributed by atoms with Crippen molar-refractivity contribution in [3.63, 3.8) is 0 Å². The molecule has 0 aliphatic carbocycles. The highest BCUT2D eigenvalue weighted by Crippen LogP contribution is 2.16. The number of piperidine rings is 1. The largest absolute Gasteiger partial charge is 0.384 e. The highest BCUT2D eigenvalue weighted by atomic mass is 32.1. The molecule has 2 heterocycles. The summed E-state index contributed by atoms with van der Waals surface area (Å²) in [5, 5.41) is 12.5. The first-order valence-electron chi connectivity index (χ1n) is 6.04. The van der Waals surface area contributed by atoms with Crippen molar-refractivity contribution in [3.05, 3.63) is 21.9 Å². The van der Waals surface area contributed by atoms with Crippen LogP contribution in [0.3, 0.4) is 0 Å². The average Bonchev–Trinajstić information content (AvgIpc) is 2.86. The molecule has 1 saturated heterocycles. The number of aliphatic hydroxyl groups excluding tert-OH is 1. The summed E-state index contributed by atoms with van der Waals surface area (Å²) < 4.78 is 0. The Morgan fingerprint density at radius 3 is 2.94 bits per heavy atom. The van der Waals surface area contributed by atoms with Crippen molar-refractivity contribution in [1.29, 1.82) is 0 Å². The Morgan fingerprint density at radius 1 is 1.44 bits per heavy atom. The third kappa shape index (κ3) is 3.33. The van der Waals surface area contributed by atoms with Crippen molar-refractivity contribution in [2.24, 2.45) is 0 Å². The van der Waals surface area contributed by atoms with Gasteiger partial charge in [0.1, 0.15) is 11.5 Å². The molecule has 18 heavy (non-hydrogen) atoms. The van der Waals surface area contributed by atoms with E-state index in [9.17, 15) is 4.79 Å². The van der Waals surface area contributed by atoms with Crippen molar-refractivity contribution in [1.82, 2.24) is 10.4 Å². The maximum Gasteiger partial charge on any atom is 0.276 e. The van der Waals surface area contributed by atoms with E-state index in [2.05, 4.69) is 17.3 Å². The fourth-order valence-corrected chi connectivity index (χ4v) is 2.66. The lowest BCUT2D eigenvalue weighted by Crippen LogP contribution is -2.44. The van der Waals surface area contributed by atoms with E-state index in [1.165, 1.54) is 17.8 Å². The molecule has 1 fully saturated rings. The molecule has 1 aromatic heterocycles. The normalized spacial score (nSPS) is 15.8. The summed E-state index contributed by atoms with van der Waals surface area (Å²) in [5.41, 5.74) is 3.60. The fourth-order valence-electron chi connectivity index (χ4n) is 1.92. The van der Waals surface area contributed by atoms with Crippen LogP contribution in [-0.2, 0) is 0 Å². The molecular formula is C13H16N2O2S. The van der Waals surface area contributed by atoms with Crippen LogP contribution < -0.4 is 5.43 Å². The summed E-state index contributed by atoms with van der Waals surface area (Å²) in [6.07, 6.45) is 3.49. The highest BCUT2D eigenvalue weighted by Gasteiger charge is 2.16. The quantitative estimate of drug-likeness (QED) is 0.790. The first-order chi connectivity index (χ1) is 8.81. The standard InChI is InChI=1S/C13H16N2O2S/c16-9-4-5-11-6-10-18-12(11)13(17)14-15-7-2-1-3-8-15/h6,10,16H,1-3,7-9H2,(H,14,17). The number of aliphatic hydroxyl groups is 1. The van der Waals surface area contributed by atoms with Gasteiger partial charge >= 0.3 is 0 Å². The molecule has 0 bridgehead atoms. The number of thiophene rings is 1. The van der Waals surface area contributed by atoms with E-state index in [1.54, 1.807) is 6.07 Å². The van der Waals surface area contributed by atoms with Gasteiger partial charge in [0.05, 0.1) is 0 Å². The predicted octanol–water partition coefficient (Wildman–Crippen LogP) is 1.22. The van der Waals surface area contributed by atoms with Crippen LogP contribution in [0.5, 0.6) is 0 Å². The van der Waals surface area contributed by atoms with Gasteiger partial charge in [-0.25, -0.2) is 5.01 Å². The molecule has 0 unspecified atom stereocenters. The molecule has 0 atom stereocenters. The Kier molecular flexibility index (Phi) is 4.76. The molecule has 2 N–H and O–H groups in total. The summed E-state index contributed by atoms with van der Waals surface area (Å²) in [6, 6.07) is 1.80. The number of hydrogen-bond donors (Lipinski definition) is 2. The van der Waals surface area contributed by atoms with E-state index in [1.807, 2.05) is 10.4 Å². The van der Waals surface area contributed by atoms with Gasteiger partial charge in [-0.15, -0.1) is 11.3 Å². The monoisotopic (exact) mass is 264 g/mol. The number of rotatable bonds is 2. The minimum atomic E-state index is -0.191. The van der Waals surface area contributed by atoms with Crippen molar-refractivity contribution in [2.75, 3.05) is 19.7 Å². The first-order valence-corrected chi connectivity index (χ1v) is 6.92. The Hall–Kier alpha value is -1.35. The average molecular weight is 264 g/mol. The second-order valence-electron chi connectivity index (χ2n) is 4.11. The van der Waals surface area contributed by atoms with E-state index in [0.29, 0.717) is 10.4 Å². The molecule has 1 aliphatic rings. The third-order valence-electron chi connectivity index (χ3n) is 2.79. The van der Waals surface area contributed by atoms with Crippen LogP contribution in [0.15, 0.2) is 11.4 Å². The van der Waals surface area contributed by atoms with Crippen molar-refractivity contribution < 1.29 is 9.90 Å². The maximum atomic E-state index is 12.1. The smallest absolute Gasteiger partial charge is 0.276 e. The van der Waals surface area contributed by atoms with Gasteiger partial charge < -0.3 is 5.11 Å². The summed E-state index contributed by atoms with van der Waals surface area (Å²) >= 11 is 1.37. The van der Waals surface area contributed by atoms with Crippen LogP contribution in [0, 0.1) is 11.8 Å². The lowest BCUT2D eigenvalue weighted by Gasteiger charge is -2.26. The maximum absolute atomic E-state index is 12.1. The zero-order valence-corrected chi connectivity index (χ0v) is 10.9. The van der Waals surface area contributed by atoms with Crippen LogP contribution >= 0.6 is 11.3 Å². The minimum Gasteiger partial charge on any atom is -0.384 e. The molecule has 1 aromatic rings. The second kappa shape index (κ2) is 6.55. The van der Waals surface area contributed by atoms with Gasteiger partial charge in [0.25, 0.3) is 5.91 Å². The molecular weight excluding hydrogens is 248 g/mol. The molecule has 2 rings (SSSR count). The van der Waals surface area contributed by atoms with Gasteiger partial charge in [0, 0.05) is 18.7 Å². The highest BCUT2D eigenvalue weighted by molar-refractivity contribution is 7.12. The number of amides is 1. The lowest BCUT2D eigenvalue weighted by molar-refractivity contribution is 0.0754.